The van der Waals surface area contributed by atoms with Gasteiger partial charge in [-0.25, -0.2) is 0 Å². The molecule has 0 aliphatic carbocycles. The lowest BCUT2D eigenvalue weighted by Gasteiger charge is -2.26. The third-order valence-corrected chi connectivity index (χ3v) is 4.10. The molecule has 1 aliphatic heterocycles. The predicted molar refractivity (Wildman–Crippen MR) is 88.3 cm³/mol. The van der Waals surface area contributed by atoms with Gasteiger partial charge >= 0.3 is 0 Å². The van der Waals surface area contributed by atoms with E-state index in [9.17, 15) is 0 Å². The first-order valence-corrected chi connectivity index (χ1v) is 8.17. The van der Waals surface area contributed by atoms with E-state index in [0.717, 1.165) is 45.2 Å². The Balaban J connectivity index is 2.55. The second kappa shape index (κ2) is 7.87. The highest BCUT2D eigenvalue weighted by Crippen LogP contribution is 2.28. The van der Waals surface area contributed by atoms with E-state index in [2.05, 4.69) is 56.7 Å². The Hall–Kier alpha value is -0.770. The van der Waals surface area contributed by atoms with Crippen LogP contribution in [0, 0.1) is 5.41 Å². The number of likely N-dealkylation sites (tertiary alicyclic amines) is 1. The van der Waals surface area contributed by atoms with E-state index >= 15 is 0 Å². The van der Waals surface area contributed by atoms with Crippen molar-refractivity contribution in [3.8, 4) is 0 Å². The highest BCUT2D eigenvalue weighted by atomic mass is 15.3. The van der Waals surface area contributed by atoms with Gasteiger partial charge in [0.15, 0.2) is 5.96 Å². The van der Waals surface area contributed by atoms with E-state index in [4.69, 9.17) is 4.99 Å². The van der Waals surface area contributed by atoms with Gasteiger partial charge in [-0.3, -0.25) is 9.89 Å². The first kappa shape index (κ1) is 17.3. The molecular weight excluding hydrogens is 248 g/mol. The number of guanidine groups is 1. The van der Waals surface area contributed by atoms with Crippen LogP contribution in [-0.2, 0) is 0 Å². The van der Waals surface area contributed by atoms with Gasteiger partial charge in [-0.2, -0.15) is 0 Å². The summed E-state index contributed by atoms with van der Waals surface area (Å²) >= 11 is 0. The Kier molecular flexibility index (Phi) is 6.80. The van der Waals surface area contributed by atoms with Crippen LogP contribution in [0.1, 0.15) is 48.0 Å². The summed E-state index contributed by atoms with van der Waals surface area (Å²) in [6.07, 6.45) is 1.25. The van der Waals surface area contributed by atoms with Crippen LogP contribution in [0.2, 0.25) is 0 Å². The summed E-state index contributed by atoms with van der Waals surface area (Å²) in [6, 6.07) is 0.600. The molecule has 0 radical (unpaired) electrons. The molecule has 1 heterocycles. The maximum absolute atomic E-state index is 4.82. The molecule has 118 valence electrons. The second-order valence-corrected chi connectivity index (χ2v) is 6.79. The lowest BCUT2D eigenvalue weighted by atomic mass is 9.93. The lowest BCUT2D eigenvalue weighted by Crippen LogP contribution is -2.41. The zero-order chi connectivity index (χ0) is 15.2. The van der Waals surface area contributed by atoms with Crippen molar-refractivity contribution < 1.29 is 0 Å². The number of hydrogen-bond acceptors (Lipinski definition) is 2. The van der Waals surface area contributed by atoms with Gasteiger partial charge in [0.1, 0.15) is 0 Å². The molecule has 0 spiro atoms. The summed E-state index contributed by atoms with van der Waals surface area (Å²) < 4.78 is 0. The SMILES string of the molecule is CCNC(=NCCN(CC)C(C)C)N1CCC(C)(C)C1. The Labute approximate surface area is 125 Å². The van der Waals surface area contributed by atoms with Gasteiger partial charge in [0, 0.05) is 32.2 Å². The minimum atomic E-state index is 0.420. The van der Waals surface area contributed by atoms with E-state index in [0.29, 0.717) is 11.5 Å². The van der Waals surface area contributed by atoms with Crippen LogP contribution in [0.15, 0.2) is 4.99 Å². The molecule has 4 nitrogen and oxygen atoms in total. The Bertz CT molecular complexity index is 310. The number of aliphatic imine (C=N–C) groups is 1. The molecule has 0 saturated carbocycles. The standard InChI is InChI=1S/C16H34N4/c1-7-17-15(20-11-9-16(5,6)13-20)18-10-12-19(8-2)14(3)4/h14H,7-13H2,1-6H3,(H,17,18). The first-order chi connectivity index (χ1) is 9.39. The fourth-order valence-corrected chi connectivity index (χ4v) is 2.78. The summed E-state index contributed by atoms with van der Waals surface area (Å²) in [4.78, 5) is 9.69. The molecule has 0 aromatic rings. The third-order valence-electron chi connectivity index (χ3n) is 4.10. The van der Waals surface area contributed by atoms with Crippen molar-refractivity contribution in [3.63, 3.8) is 0 Å². The number of likely N-dealkylation sites (N-methyl/N-ethyl adjacent to an activating group) is 1. The first-order valence-electron chi connectivity index (χ1n) is 8.17. The molecule has 20 heavy (non-hydrogen) atoms. The second-order valence-electron chi connectivity index (χ2n) is 6.79. The summed E-state index contributed by atoms with van der Waals surface area (Å²) in [5.74, 6) is 1.10. The van der Waals surface area contributed by atoms with Crippen LogP contribution in [0.5, 0.6) is 0 Å². The van der Waals surface area contributed by atoms with E-state index in [-0.39, 0.29) is 0 Å². The van der Waals surface area contributed by atoms with E-state index < -0.39 is 0 Å². The molecule has 0 aromatic carbocycles. The smallest absolute Gasteiger partial charge is 0.193 e. The van der Waals surface area contributed by atoms with Crippen LogP contribution in [0.3, 0.4) is 0 Å². The van der Waals surface area contributed by atoms with Crippen molar-refractivity contribution in [3.05, 3.63) is 0 Å². The molecule has 0 atom stereocenters. The minimum Gasteiger partial charge on any atom is -0.357 e. The summed E-state index contributed by atoms with van der Waals surface area (Å²) in [7, 11) is 0. The van der Waals surface area contributed by atoms with Crippen LogP contribution in [-0.4, -0.2) is 61.1 Å². The number of nitrogens with zero attached hydrogens (tertiary/aromatic N) is 3. The maximum Gasteiger partial charge on any atom is 0.193 e. The van der Waals surface area contributed by atoms with E-state index in [1.54, 1.807) is 0 Å². The van der Waals surface area contributed by atoms with Gasteiger partial charge in [-0.1, -0.05) is 20.8 Å². The maximum atomic E-state index is 4.82. The summed E-state index contributed by atoms with van der Waals surface area (Å²) in [5.41, 5.74) is 0.420. The van der Waals surface area contributed by atoms with E-state index in [1.165, 1.54) is 6.42 Å². The molecule has 0 bridgehead atoms. The van der Waals surface area contributed by atoms with Gasteiger partial charge < -0.3 is 10.2 Å². The molecular formula is C16H34N4. The monoisotopic (exact) mass is 282 g/mol. The van der Waals surface area contributed by atoms with Crippen LogP contribution < -0.4 is 5.32 Å². The van der Waals surface area contributed by atoms with Crippen molar-refractivity contribution in [1.29, 1.82) is 0 Å². The van der Waals surface area contributed by atoms with Crippen molar-refractivity contribution in [2.75, 3.05) is 39.3 Å². The van der Waals surface area contributed by atoms with Crippen molar-refractivity contribution in [1.82, 2.24) is 15.1 Å². The molecule has 1 fully saturated rings. The highest BCUT2D eigenvalue weighted by molar-refractivity contribution is 5.80. The van der Waals surface area contributed by atoms with Crippen molar-refractivity contribution in [2.45, 2.75) is 54.0 Å². The van der Waals surface area contributed by atoms with E-state index in [1.807, 2.05) is 0 Å². The summed E-state index contributed by atoms with van der Waals surface area (Å²) in [5, 5.41) is 3.44. The normalized spacial score (nSPS) is 19.2. The molecule has 0 aromatic heterocycles. The zero-order valence-electron chi connectivity index (χ0n) is 14.4. The number of nitrogens with one attached hydrogen (secondary N) is 1. The van der Waals surface area contributed by atoms with Crippen LogP contribution in [0.4, 0.5) is 0 Å². The Morgan fingerprint density at radius 2 is 2.05 bits per heavy atom. The largest absolute Gasteiger partial charge is 0.357 e. The van der Waals surface area contributed by atoms with Gasteiger partial charge in [-0.05, 0) is 39.2 Å². The van der Waals surface area contributed by atoms with Crippen LogP contribution in [0.25, 0.3) is 0 Å². The predicted octanol–water partition coefficient (Wildman–Crippen LogP) is 2.41. The fraction of sp³-hybridized carbons (Fsp3) is 0.938. The average molecular weight is 282 g/mol. The molecule has 1 saturated heterocycles. The minimum absolute atomic E-state index is 0.420. The van der Waals surface area contributed by atoms with Gasteiger partial charge in [0.2, 0.25) is 0 Å². The zero-order valence-corrected chi connectivity index (χ0v) is 14.4. The van der Waals surface area contributed by atoms with Crippen molar-refractivity contribution >= 4 is 5.96 Å². The molecule has 4 heteroatoms. The molecule has 1 rings (SSSR count). The lowest BCUT2D eigenvalue weighted by molar-refractivity contribution is 0.240. The number of hydrogen-bond donors (Lipinski definition) is 1. The topological polar surface area (TPSA) is 30.9 Å². The highest BCUT2D eigenvalue weighted by Gasteiger charge is 2.30. The van der Waals surface area contributed by atoms with Crippen LogP contribution >= 0.6 is 0 Å². The third kappa shape index (κ3) is 5.31. The molecule has 0 amide bonds. The van der Waals surface area contributed by atoms with Gasteiger partial charge in [0.05, 0.1) is 6.54 Å². The molecule has 1 aliphatic rings. The van der Waals surface area contributed by atoms with Crippen molar-refractivity contribution in [2.24, 2.45) is 10.4 Å². The molecule has 1 N–H and O–H groups in total. The Morgan fingerprint density at radius 3 is 2.50 bits per heavy atom. The molecule has 0 unspecified atom stereocenters. The average Bonchev–Trinajstić information content (AvgIpc) is 2.73. The Morgan fingerprint density at radius 1 is 1.35 bits per heavy atom. The quantitative estimate of drug-likeness (QED) is 0.599. The van der Waals surface area contributed by atoms with Gasteiger partial charge in [-0.15, -0.1) is 0 Å². The van der Waals surface area contributed by atoms with Gasteiger partial charge in [0.25, 0.3) is 0 Å². The number of rotatable bonds is 6. The summed E-state index contributed by atoms with van der Waals surface area (Å²) in [6.45, 7) is 19.7. The fourth-order valence-electron chi connectivity index (χ4n) is 2.78.